The third kappa shape index (κ3) is 3.99. The van der Waals surface area contributed by atoms with Crippen LogP contribution in [-0.2, 0) is 4.79 Å². The average molecular weight is 258 g/mol. The molecule has 1 amide bonds. The lowest BCUT2D eigenvalue weighted by molar-refractivity contribution is -0.139. The molecule has 0 aromatic carbocycles. The molecule has 6 nitrogen and oxygen atoms in total. The molecule has 0 saturated carbocycles. The smallest absolute Gasteiger partial charge is 0.326 e. The Morgan fingerprint density at radius 1 is 1.53 bits per heavy atom. The number of hydrogen-bond donors (Lipinski definition) is 2. The second-order valence-electron chi connectivity index (χ2n) is 3.38. The Bertz CT molecular complexity index is 425. The zero-order chi connectivity index (χ0) is 12.8. The van der Waals surface area contributed by atoms with Gasteiger partial charge < -0.3 is 10.4 Å². The zero-order valence-corrected chi connectivity index (χ0v) is 9.94. The third-order valence-corrected chi connectivity index (χ3v) is 2.20. The molecule has 2 N–H and O–H groups in total. The Morgan fingerprint density at radius 2 is 2.24 bits per heavy atom. The number of carbonyl (C=O) groups excluding carboxylic acids is 1. The summed E-state index contributed by atoms with van der Waals surface area (Å²) in [6.07, 6.45) is 3.53. The summed E-state index contributed by atoms with van der Waals surface area (Å²) >= 11 is 5.58. The largest absolute Gasteiger partial charge is 0.480 e. The monoisotopic (exact) mass is 257 g/mol. The van der Waals surface area contributed by atoms with Crippen LogP contribution in [0.1, 0.15) is 30.3 Å². The van der Waals surface area contributed by atoms with Crippen molar-refractivity contribution in [2.75, 3.05) is 0 Å². The maximum Gasteiger partial charge on any atom is 0.326 e. The number of aliphatic carboxylic acids is 1. The number of hydrogen-bond acceptors (Lipinski definition) is 4. The minimum Gasteiger partial charge on any atom is -0.480 e. The molecule has 92 valence electrons. The fourth-order valence-corrected chi connectivity index (χ4v) is 1.38. The van der Waals surface area contributed by atoms with E-state index < -0.39 is 17.9 Å². The molecular formula is C10H12ClN3O3. The highest BCUT2D eigenvalue weighted by Crippen LogP contribution is 2.04. The standard InChI is InChI=1S/C10H12ClN3O3/c1-2-3-6(10(16)17)14-9(15)7-4-12-5-8(11)13-7/h4-6H,2-3H2,1H3,(H,14,15)(H,16,17)/t6-/m0/s1. The number of aromatic nitrogens is 2. The molecule has 1 aromatic heterocycles. The summed E-state index contributed by atoms with van der Waals surface area (Å²) in [6, 6.07) is -0.923. The molecule has 0 aliphatic rings. The van der Waals surface area contributed by atoms with Gasteiger partial charge in [0.1, 0.15) is 16.9 Å². The molecule has 1 atom stereocenters. The summed E-state index contributed by atoms with van der Waals surface area (Å²) in [4.78, 5) is 29.9. The topological polar surface area (TPSA) is 92.2 Å². The highest BCUT2D eigenvalue weighted by atomic mass is 35.5. The molecule has 0 spiro atoms. The van der Waals surface area contributed by atoms with Crippen molar-refractivity contribution in [2.24, 2.45) is 0 Å². The molecule has 1 heterocycles. The number of carboxylic acid groups (broad SMARTS) is 1. The van der Waals surface area contributed by atoms with Crippen LogP contribution < -0.4 is 5.32 Å². The molecule has 1 aromatic rings. The van der Waals surface area contributed by atoms with Crippen LogP contribution in [-0.4, -0.2) is 33.0 Å². The van der Waals surface area contributed by atoms with Gasteiger partial charge in [0.15, 0.2) is 0 Å². The number of amides is 1. The Morgan fingerprint density at radius 3 is 2.76 bits per heavy atom. The molecule has 7 heteroatoms. The Labute approximate surface area is 103 Å². The van der Waals surface area contributed by atoms with E-state index in [4.69, 9.17) is 16.7 Å². The van der Waals surface area contributed by atoms with Crippen LogP contribution in [0, 0.1) is 0 Å². The molecule has 17 heavy (non-hydrogen) atoms. The molecule has 0 aliphatic carbocycles. The van der Waals surface area contributed by atoms with E-state index in [0.29, 0.717) is 12.8 Å². The Kier molecular flexibility index (Phi) is 4.84. The number of halogens is 1. The molecule has 1 rings (SSSR count). The Balaban J connectivity index is 2.73. The number of carbonyl (C=O) groups is 2. The van der Waals surface area contributed by atoms with Gasteiger partial charge in [0, 0.05) is 0 Å². The first-order chi connectivity index (χ1) is 8.04. The first-order valence-corrected chi connectivity index (χ1v) is 5.43. The average Bonchev–Trinajstić information content (AvgIpc) is 2.28. The minimum atomic E-state index is -1.07. The molecule has 0 aliphatic heterocycles. The summed E-state index contributed by atoms with van der Waals surface area (Å²) in [5.74, 6) is -1.67. The fourth-order valence-electron chi connectivity index (χ4n) is 1.23. The van der Waals surface area contributed by atoms with Gasteiger partial charge >= 0.3 is 5.97 Å². The number of carboxylic acids is 1. The highest BCUT2D eigenvalue weighted by molar-refractivity contribution is 6.29. The summed E-state index contributed by atoms with van der Waals surface area (Å²) in [5, 5.41) is 11.3. The van der Waals surface area contributed by atoms with Gasteiger partial charge in [-0.15, -0.1) is 0 Å². The van der Waals surface area contributed by atoms with Crippen molar-refractivity contribution in [1.29, 1.82) is 0 Å². The normalized spacial score (nSPS) is 11.9. The fraction of sp³-hybridized carbons (Fsp3) is 0.400. The SMILES string of the molecule is CCC[C@H](NC(=O)c1cncc(Cl)n1)C(=O)O. The van der Waals surface area contributed by atoms with E-state index in [2.05, 4.69) is 15.3 Å². The van der Waals surface area contributed by atoms with Gasteiger partial charge in [-0.2, -0.15) is 0 Å². The predicted octanol–water partition coefficient (Wildman–Crippen LogP) is 1.11. The van der Waals surface area contributed by atoms with Crippen molar-refractivity contribution < 1.29 is 14.7 Å². The quantitative estimate of drug-likeness (QED) is 0.824. The van der Waals surface area contributed by atoms with Gasteiger partial charge in [-0.3, -0.25) is 9.78 Å². The van der Waals surface area contributed by atoms with Gasteiger partial charge in [0.05, 0.1) is 12.4 Å². The van der Waals surface area contributed by atoms with Crippen LogP contribution in [0.3, 0.4) is 0 Å². The maximum atomic E-state index is 11.7. The number of nitrogens with zero attached hydrogens (tertiary/aromatic N) is 2. The zero-order valence-electron chi connectivity index (χ0n) is 9.18. The molecule has 0 bridgehead atoms. The van der Waals surface area contributed by atoms with Gasteiger partial charge in [-0.1, -0.05) is 24.9 Å². The van der Waals surface area contributed by atoms with Gasteiger partial charge in [0.2, 0.25) is 0 Å². The van der Waals surface area contributed by atoms with Crippen molar-refractivity contribution in [3.05, 3.63) is 23.2 Å². The molecular weight excluding hydrogens is 246 g/mol. The van der Waals surface area contributed by atoms with Crippen molar-refractivity contribution in [1.82, 2.24) is 15.3 Å². The van der Waals surface area contributed by atoms with Crippen LogP contribution in [0.5, 0.6) is 0 Å². The van der Waals surface area contributed by atoms with Crippen molar-refractivity contribution in [2.45, 2.75) is 25.8 Å². The highest BCUT2D eigenvalue weighted by Gasteiger charge is 2.20. The summed E-state index contributed by atoms with van der Waals surface area (Å²) < 4.78 is 0. The Hall–Kier alpha value is -1.69. The van der Waals surface area contributed by atoms with E-state index in [1.807, 2.05) is 6.92 Å². The van der Waals surface area contributed by atoms with Crippen LogP contribution in [0.2, 0.25) is 5.15 Å². The van der Waals surface area contributed by atoms with E-state index in [1.165, 1.54) is 12.4 Å². The summed E-state index contributed by atoms with van der Waals surface area (Å²) in [7, 11) is 0. The molecule has 0 fully saturated rings. The van der Waals surface area contributed by atoms with E-state index in [1.54, 1.807) is 0 Å². The summed E-state index contributed by atoms with van der Waals surface area (Å²) in [6.45, 7) is 1.83. The van der Waals surface area contributed by atoms with E-state index >= 15 is 0 Å². The van der Waals surface area contributed by atoms with Crippen molar-refractivity contribution >= 4 is 23.5 Å². The van der Waals surface area contributed by atoms with E-state index in [-0.39, 0.29) is 10.8 Å². The lowest BCUT2D eigenvalue weighted by atomic mass is 10.1. The maximum absolute atomic E-state index is 11.7. The van der Waals surface area contributed by atoms with Crippen LogP contribution >= 0.6 is 11.6 Å². The number of nitrogens with one attached hydrogen (secondary N) is 1. The van der Waals surface area contributed by atoms with Crippen LogP contribution in [0.15, 0.2) is 12.4 Å². The van der Waals surface area contributed by atoms with Gasteiger partial charge in [-0.05, 0) is 6.42 Å². The summed E-state index contributed by atoms with van der Waals surface area (Å²) in [5.41, 5.74) is -0.000136. The molecule has 0 radical (unpaired) electrons. The second-order valence-corrected chi connectivity index (χ2v) is 3.77. The van der Waals surface area contributed by atoms with Crippen molar-refractivity contribution in [3.63, 3.8) is 0 Å². The van der Waals surface area contributed by atoms with E-state index in [9.17, 15) is 9.59 Å². The van der Waals surface area contributed by atoms with E-state index in [0.717, 1.165) is 0 Å². The molecule has 0 saturated heterocycles. The first-order valence-electron chi connectivity index (χ1n) is 5.05. The predicted molar refractivity (Wildman–Crippen MR) is 60.8 cm³/mol. The second kappa shape index (κ2) is 6.15. The molecule has 0 unspecified atom stereocenters. The third-order valence-electron chi connectivity index (χ3n) is 2.02. The van der Waals surface area contributed by atoms with Gasteiger partial charge in [0.25, 0.3) is 5.91 Å². The number of rotatable bonds is 5. The van der Waals surface area contributed by atoms with Crippen LogP contribution in [0.25, 0.3) is 0 Å². The van der Waals surface area contributed by atoms with Crippen molar-refractivity contribution in [3.8, 4) is 0 Å². The van der Waals surface area contributed by atoms with Crippen LogP contribution in [0.4, 0.5) is 0 Å². The lowest BCUT2D eigenvalue weighted by Gasteiger charge is -2.12. The van der Waals surface area contributed by atoms with Gasteiger partial charge in [-0.25, -0.2) is 9.78 Å². The lowest BCUT2D eigenvalue weighted by Crippen LogP contribution is -2.41. The minimum absolute atomic E-state index is 0.000136. The first kappa shape index (κ1) is 13.4.